The number of nitrogens with zero attached hydrogens (tertiary/aromatic N) is 2. The van der Waals surface area contributed by atoms with Gasteiger partial charge in [0.05, 0.1) is 10.9 Å². The Labute approximate surface area is 106 Å². The van der Waals surface area contributed by atoms with Crippen LogP contribution in [0.2, 0.25) is 0 Å². The van der Waals surface area contributed by atoms with E-state index in [2.05, 4.69) is 6.07 Å². The maximum atomic E-state index is 12.1. The molecule has 0 aromatic carbocycles. The Hall–Kier alpha value is -1.34. The van der Waals surface area contributed by atoms with Gasteiger partial charge in [-0.15, -0.1) is 11.3 Å². The summed E-state index contributed by atoms with van der Waals surface area (Å²) in [4.78, 5) is 14.8. The van der Waals surface area contributed by atoms with Crippen LogP contribution in [0.4, 0.5) is 0 Å². The largest absolute Gasteiger partial charge is 0.338 e. The van der Waals surface area contributed by atoms with Crippen molar-refractivity contribution in [3.05, 3.63) is 22.4 Å². The molecule has 0 atom stereocenters. The minimum atomic E-state index is 0.111. The molecular formula is C13H16N2OS. The normalized spacial score (nSPS) is 24.0. The standard InChI is InChI=1S/C13H16N2OS/c1-15(13(16)12-3-2-8-17-12)11-6-4-10(9-14)5-7-11/h2-3,8,10-11H,4-7H2,1H3. The molecule has 2 rings (SSSR count). The highest BCUT2D eigenvalue weighted by atomic mass is 32.1. The maximum Gasteiger partial charge on any atom is 0.263 e. The van der Waals surface area contributed by atoms with Gasteiger partial charge < -0.3 is 4.90 Å². The smallest absolute Gasteiger partial charge is 0.263 e. The number of nitriles is 1. The molecule has 0 N–H and O–H groups in total. The Bertz CT molecular complexity index is 413. The van der Waals surface area contributed by atoms with Crippen molar-refractivity contribution in [1.82, 2.24) is 4.90 Å². The molecule has 1 aromatic heterocycles. The molecule has 4 heteroatoms. The molecule has 0 unspecified atom stereocenters. The second-order valence-electron chi connectivity index (χ2n) is 4.53. The van der Waals surface area contributed by atoms with Gasteiger partial charge in [-0.3, -0.25) is 4.79 Å². The van der Waals surface area contributed by atoms with E-state index < -0.39 is 0 Å². The molecule has 1 aromatic rings. The van der Waals surface area contributed by atoms with Crippen LogP contribution in [-0.2, 0) is 0 Å². The van der Waals surface area contributed by atoms with Gasteiger partial charge >= 0.3 is 0 Å². The fraction of sp³-hybridized carbons (Fsp3) is 0.538. The Balaban J connectivity index is 1.95. The highest BCUT2D eigenvalue weighted by Gasteiger charge is 2.27. The molecule has 3 nitrogen and oxygen atoms in total. The average molecular weight is 248 g/mol. The quantitative estimate of drug-likeness (QED) is 0.807. The minimum absolute atomic E-state index is 0.111. The summed E-state index contributed by atoms with van der Waals surface area (Å²) in [5.74, 6) is 0.303. The van der Waals surface area contributed by atoms with Crippen LogP contribution in [0.15, 0.2) is 17.5 Å². The molecular weight excluding hydrogens is 232 g/mol. The van der Waals surface area contributed by atoms with Gasteiger partial charge in [0.2, 0.25) is 0 Å². The molecule has 90 valence electrons. The van der Waals surface area contributed by atoms with Gasteiger partial charge in [0, 0.05) is 19.0 Å². The second kappa shape index (κ2) is 5.33. The number of rotatable bonds is 2. The topological polar surface area (TPSA) is 44.1 Å². The van der Waals surface area contributed by atoms with Crippen LogP contribution < -0.4 is 0 Å². The van der Waals surface area contributed by atoms with Crippen LogP contribution in [0.3, 0.4) is 0 Å². The van der Waals surface area contributed by atoms with Crippen LogP contribution in [0.1, 0.15) is 35.4 Å². The Morgan fingerprint density at radius 2 is 2.18 bits per heavy atom. The predicted molar refractivity (Wildman–Crippen MR) is 67.8 cm³/mol. The molecule has 1 fully saturated rings. The first-order valence-electron chi connectivity index (χ1n) is 5.92. The van der Waals surface area contributed by atoms with E-state index in [4.69, 9.17) is 5.26 Å². The Kier molecular flexibility index (Phi) is 3.80. The molecule has 0 bridgehead atoms. The van der Waals surface area contributed by atoms with Gasteiger partial charge in [-0.1, -0.05) is 6.07 Å². The first-order valence-corrected chi connectivity index (χ1v) is 6.80. The van der Waals surface area contributed by atoms with Crippen molar-refractivity contribution in [2.75, 3.05) is 7.05 Å². The number of hydrogen-bond donors (Lipinski definition) is 0. The number of thiophene rings is 1. The lowest BCUT2D eigenvalue weighted by molar-refractivity contribution is 0.0691. The van der Waals surface area contributed by atoms with E-state index in [0.717, 1.165) is 30.6 Å². The second-order valence-corrected chi connectivity index (χ2v) is 5.48. The van der Waals surface area contributed by atoms with Gasteiger partial charge in [-0.2, -0.15) is 5.26 Å². The zero-order valence-electron chi connectivity index (χ0n) is 9.93. The molecule has 1 aliphatic rings. The summed E-state index contributed by atoms with van der Waals surface area (Å²) < 4.78 is 0. The predicted octanol–water partition coefficient (Wildman–Crippen LogP) is 2.90. The molecule has 1 heterocycles. The van der Waals surface area contributed by atoms with Gasteiger partial charge in [0.25, 0.3) is 5.91 Å². The molecule has 0 spiro atoms. The summed E-state index contributed by atoms with van der Waals surface area (Å²) >= 11 is 1.48. The van der Waals surface area contributed by atoms with Crippen LogP contribution in [0, 0.1) is 17.2 Å². The number of hydrogen-bond acceptors (Lipinski definition) is 3. The van der Waals surface area contributed by atoms with E-state index in [1.54, 1.807) is 0 Å². The van der Waals surface area contributed by atoms with Gasteiger partial charge in [0.1, 0.15) is 0 Å². The van der Waals surface area contributed by atoms with Crippen LogP contribution in [-0.4, -0.2) is 23.9 Å². The van der Waals surface area contributed by atoms with Crippen molar-refractivity contribution in [1.29, 1.82) is 5.26 Å². The van der Waals surface area contributed by atoms with Gasteiger partial charge in [-0.05, 0) is 37.1 Å². The zero-order valence-corrected chi connectivity index (χ0v) is 10.7. The lowest BCUT2D eigenvalue weighted by Crippen LogP contribution is -2.39. The highest BCUT2D eigenvalue weighted by molar-refractivity contribution is 7.12. The van der Waals surface area contributed by atoms with E-state index in [-0.39, 0.29) is 11.8 Å². The molecule has 1 amide bonds. The van der Waals surface area contributed by atoms with E-state index in [1.807, 2.05) is 29.5 Å². The Morgan fingerprint density at radius 3 is 2.71 bits per heavy atom. The Morgan fingerprint density at radius 1 is 1.47 bits per heavy atom. The first-order chi connectivity index (χ1) is 8.22. The lowest BCUT2D eigenvalue weighted by Gasteiger charge is -2.32. The molecule has 0 saturated heterocycles. The van der Waals surface area contributed by atoms with Crippen LogP contribution in [0.25, 0.3) is 0 Å². The fourth-order valence-corrected chi connectivity index (χ4v) is 3.04. The number of carbonyl (C=O) groups is 1. The van der Waals surface area contributed by atoms with Crippen molar-refractivity contribution in [2.45, 2.75) is 31.7 Å². The zero-order chi connectivity index (χ0) is 12.3. The highest BCUT2D eigenvalue weighted by Crippen LogP contribution is 2.27. The first kappa shape index (κ1) is 12.1. The van der Waals surface area contributed by atoms with Gasteiger partial charge in [-0.25, -0.2) is 0 Å². The monoisotopic (exact) mass is 248 g/mol. The van der Waals surface area contributed by atoms with E-state index in [0.29, 0.717) is 6.04 Å². The third kappa shape index (κ3) is 2.67. The fourth-order valence-electron chi connectivity index (χ4n) is 2.33. The van der Waals surface area contributed by atoms with Crippen molar-refractivity contribution >= 4 is 17.2 Å². The van der Waals surface area contributed by atoms with E-state index in [9.17, 15) is 4.79 Å². The third-order valence-corrected chi connectivity index (χ3v) is 4.34. The van der Waals surface area contributed by atoms with Crippen LogP contribution in [0.5, 0.6) is 0 Å². The molecule has 1 saturated carbocycles. The van der Waals surface area contributed by atoms with Crippen molar-refractivity contribution < 1.29 is 4.79 Å². The minimum Gasteiger partial charge on any atom is -0.338 e. The summed E-state index contributed by atoms with van der Waals surface area (Å²) in [5, 5.41) is 10.8. The summed E-state index contributed by atoms with van der Waals surface area (Å²) in [6, 6.07) is 6.39. The average Bonchev–Trinajstić information content (AvgIpc) is 2.91. The number of carbonyl (C=O) groups excluding carboxylic acids is 1. The SMILES string of the molecule is CN(C(=O)c1cccs1)C1CCC(C#N)CC1. The molecule has 0 aliphatic heterocycles. The van der Waals surface area contributed by atoms with Gasteiger partial charge in [0.15, 0.2) is 0 Å². The van der Waals surface area contributed by atoms with Crippen LogP contribution >= 0.6 is 11.3 Å². The van der Waals surface area contributed by atoms with Crippen molar-refractivity contribution in [3.8, 4) is 6.07 Å². The van der Waals surface area contributed by atoms with E-state index in [1.165, 1.54) is 11.3 Å². The summed E-state index contributed by atoms with van der Waals surface area (Å²) in [6.45, 7) is 0. The molecule has 17 heavy (non-hydrogen) atoms. The summed E-state index contributed by atoms with van der Waals surface area (Å²) in [5.41, 5.74) is 0. The molecule has 1 aliphatic carbocycles. The maximum absolute atomic E-state index is 12.1. The van der Waals surface area contributed by atoms with Crippen molar-refractivity contribution in [3.63, 3.8) is 0 Å². The number of amides is 1. The summed E-state index contributed by atoms with van der Waals surface area (Å²) in [7, 11) is 1.87. The molecule has 0 radical (unpaired) electrons. The summed E-state index contributed by atoms with van der Waals surface area (Å²) in [6.07, 6.45) is 3.74. The van der Waals surface area contributed by atoms with Crippen molar-refractivity contribution in [2.24, 2.45) is 5.92 Å². The lowest BCUT2D eigenvalue weighted by atomic mass is 9.86. The third-order valence-electron chi connectivity index (χ3n) is 3.48. The van der Waals surface area contributed by atoms with E-state index >= 15 is 0 Å².